The molecule has 1 aliphatic rings. The summed E-state index contributed by atoms with van der Waals surface area (Å²) in [6.07, 6.45) is 1.26. The SMILES string of the molecule is COCCCN1C(=O)c2ccc(NC(=O)NCCc3ccccc3Br)cc2C1=O. The number of nitrogens with zero attached hydrogens (tertiary/aromatic N) is 1. The molecule has 29 heavy (non-hydrogen) atoms. The Labute approximate surface area is 177 Å². The van der Waals surface area contributed by atoms with E-state index in [9.17, 15) is 14.4 Å². The third-order valence-electron chi connectivity index (χ3n) is 4.60. The van der Waals surface area contributed by atoms with Crippen LogP contribution in [0.4, 0.5) is 10.5 Å². The molecule has 8 heteroatoms. The molecule has 2 aromatic rings. The lowest BCUT2D eigenvalue weighted by Crippen LogP contribution is -2.31. The van der Waals surface area contributed by atoms with Crippen molar-refractivity contribution in [3.05, 3.63) is 63.6 Å². The van der Waals surface area contributed by atoms with Gasteiger partial charge >= 0.3 is 6.03 Å². The van der Waals surface area contributed by atoms with E-state index in [1.165, 1.54) is 4.90 Å². The molecule has 0 spiro atoms. The summed E-state index contributed by atoms with van der Waals surface area (Å²) in [7, 11) is 1.57. The lowest BCUT2D eigenvalue weighted by Gasteiger charge is -2.12. The van der Waals surface area contributed by atoms with Crippen LogP contribution in [0.1, 0.15) is 32.7 Å². The van der Waals surface area contributed by atoms with Crippen LogP contribution < -0.4 is 10.6 Å². The van der Waals surface area contributed by atoms with Gasteiger partial charge in [0.2, 0.25) is 0 Å². The van der Waals surface area contributed by atoms with E-state index in [1.807, 2.05) is 24.3 Å². The van der Waals surface area contributed by atoms with Gasteiger partial charge in [0.25, 0.3) is 11.8 Å². The summed E-state index contributed by atoms with van der Waals surface area (Å²) in [4.78, 5) is 38.3. The highest BCUT2D eigenvalue weighted by atomic mass is 79.9. The number of rotatable bonds is 8. The average Bonchev–Trinajstić information content (AvgIpc) is 2.94. The Morgan fingerprint density at radius 3 is 2.62 bits per heavy atom. The number of fused-ring (bicyclic) bond motifs is 1. The van der Waals surface area contributed by atoms with Crippen molar-refractivity contribution in [1.29, 1.82) is 0 Å². The first-order valence-electron chi connectivity index (χ1n) is 9.28. The summed E-state index contributed by atoms with van der Waals surface area (Å²) in [5.41, 5.74) is 2.22. The van der Waals surface area contributed by atoms with Gasteiger partial charge in [-0.05, 0) is 42.7 Å². The van der Waals surface area contributed by atoms with Gasteiger partial charge in [0.1, 0.15) is 0 Å². The van der Waals surface area contributed by atoms with Gasteiger partial charge in [-0.3, -0.25) is 14.5 Å². The van der Waals surface area contributed by atoms with Crippen LogP contribution in [-0.2, 0) is 11.2 Å². The first-order valence-corrected chi connectivity index (χ1v) is 10.1. The zero-order chi connectivity index (χ0) is 20.8. The van der Waals surface area contributed by atoms with E-state index >= 15 is 0 Å². The number of anilines is 1. The van der Waals surface area contributed by atoms with Gasteiger partial charge in [0.05, 0.1) is 11.1 Å². The van der Waals surface area contributed by atoms with E-state index in [0.29, 0.717) is 49.4 Å². The molecule has 2 N–H and O–H groups in total. The van der Waals surface area contributed by atoms with Gasteiger partial charge in [-0.15, -0.1) is 0 Å². The molecule has 2 aromatic carbocycles. The van der Waals surface area contributed by atoms with Crippen LogP contribution in [0.15, 0.2) is 46.9 Å². The van der Waals surface area contributed by atoms with Crippen molar-refractivity contribution in [2.45, 2.75) is 12.8 Å². The number of hydrogen-bond donors (Lipinski definition) is 2. The number of methoxy groups -OCH3 is 1. The molecule has 0 fully saturated rings. The predicted molar refractivity (Wildman–Crippen MR) is 113 cm³/mol. The van der Waals surface area contributed by atoms with Gasteiger partial charge in [-0.25, -0.2) is 4.79 Å². The lowest BCUT2D eigenvalue weighted by atomic mass is 10.1. The molecule has 0 radical (unpaired) electrons. The van der Waals surface area contributed by atoms with E-state index in [0.717, 1.165) is 10.0 Å². The van der Waals surface area contributed by atoms with Crippen molar-refractivity contribution in [3.63, 3.8) is 0 Å². The second-order valence-corrected chi connectivity index (χ2v) is 7.45. The van der Waals surface area contributed by atoms with E-state index < -0.39 is 0 Å². The number of urea groups is 1. The van der Waals surface area contributed by atoms with Crippen LogP contribution in [0.25, 0.3) is 0 Å². The third kappa shape index (κ3) is 5.02. The molecule has 7 nitrogen and oxygen atoms in total. The number of benzene rings is 2. The Kier molecular flexibility index (Phi) is 7.00. The van der Waals surface area contributed by atoms with Gasteiger partial charge < -0.3 is 15.4 Å². The Morgan fingerprint density at radius 2 is 1.86 bits per heavy atom. The minimum atomic E-state index is -0.370. The van der Waals surface area contributed by atoms with Crippen molar-refractivity contribution in [1.82, 2.24) is 10.2 Å². The lowest BCUT2D eigenvalue weighted by molar-refractivity contribution is 0.0638. The van der Waals surface area contributed by atoms with Crippen LogP contribution in [0.3, 0.4) is 0 Å². The summed E-state index contributed by atoms with van der Waals surface area (Å²) in [6.45, 7) is 1.24. The monoisotopic (exact) mass is 459 g/mol. The highest BCUT2D eigenvalue weighted by Crippen LogP contribution is 2.26. The number of amides is 4. The van der Waals surface area contributed by atoms with E-state index in [2.05, 4.69) is 26.6 Å². The number of carbonyl (C=O) groups is 3. The fraction of sp³-hybridized carbons (Fsp3) is 0.286. The van der Waals surface area contributed by atoms with Gasteiger partial charge in [-0.1, -0.05) is 34.1 Å². The molecular formula is C21H22BrN3O4. The molecule has 0 aromatic heterocycles. The molecule has 0 unspecified atom stereocenters. The fourth-order valence-electron chi connectivity index (χ4n) is 3.13. The highest BCUT2D eigenvalue weighted by molar-refractivity contribution is 9.10. The van der Waals surface area contributed by atoms with Crippen molar-refractivity contribution in [3.8, 4) is 0 Å². The van der Waals surface area contributed by atoms with Crippen LogP contribution in [0, 0.1) is 0 Å². The van der Waals surface area contributed by atoms with Crippen molar-refractivity contribution in [2.75, 3.05) is 32.1 Å². The maximum Gasteiger partial charge on any atom is 0.319 e. The molecule has 4 amide bonds. The van der Waals surface area contributed by atoms with Crippen LogP contribution >= 0.6 is 15.9 Å². The maximum absolute atomic E-state index is 12.5. The normalized spacial score (nSPS) is 12.8. The molecule has 0 saturated heterocycles. The summed E-state index contributed by atoms with van der Waals surface area (Å²) in [5, 5.41) is 5.50. The minimum Gasteiger partial charge on any atom is -0.385 e. The maximum atomic E-state index is 12.5. The summed E-state index contributed by atoms with van der Waals surface area (Å²) in [6, 6.07) is 12.2. The molecule has 1 heterocycles. The zero-order valence-corrected chi connectivity index (χ0v) is 17.6. The van der Waals surface area contributed by atoms with Crippen molar-refractivity contribution in [2.24, 2.45) is 0 Å². The number of imide groups is 1. The molecule has 152 valence electrons. The molecule has 3 rings (SSSR count). The number of ether oxygens (including phenoxy) is 1. The van der Waals surface area contributed by atoms with Crippen LogP contribution in [0.5, 0.6) is 0 Å². The van der Waals surface area contributed by atoms with E-state index in [4.69, 9.17) is 4.74 Å². The molecular weight excluding hydrogens is 438 g/mol. The summed E-state index contributed by atoms with van der Waals surface area (Å²) >= 11 is 3.48. The predicted octanol–water partition coefficient (Wildman–Crippen LogP) is 3.45. The van der Waals surface area contributed by atoms with E-state index in [1.54, 1.807) is 25.3 Å². The largest absolute Gasteiger partial charge is 0.385 e. The minimum absolute atomic E-state index is 0.304. The van der Waals surface area contributed by atoms with Gasteiger partial charge in [-0.2, -0.15) is 0 Å². The van der Waals surface area contributed by atoms with E-state index in [-0.39, 0.29) is 17.8 Å². The number of carbonyl (C=O) groups excluding carboxylic acids is 3. The molecule has 0 saturated carbocycles. The molecule has 0 aliphatic carbocycles. The quantitative estimate of drug-likeness (QED) is 0.467. The van der Waals surface area contributed by atoms with Crippen LogP contribution in [0.2, 0.25) is 0 Å². The molecule has 0 atom stereocenters. The smallest absolute Gasteiger partial charge is 0.319 e. The topological polar surface area (TPSA) is 87.7 Å². The first-order chi connectivity index (χ1) is 14.0. The highest BCUT2D eigenvalue weighted by Gasteiger charge is 2.35. The van der Waals surface area contributed by atoms with Crippen LogP contribution in [-0.4, -0.2) is 49.6 Å². The second-order valence-electron chi connectivity index (χ2n) is 6.59. The van der Waals surface area contributed by atoms with Gasteiger partial charge in [0.15, 0.2) is 0 Å². The Balaban J connectivity index is 1.57. The second kappa shape index (κ2) is 9.67. The van der Waals surface area contributed by atoms with Crippen molar-refractivity contribution < 1.29 is 19.1 Å². The Morgan fingerprint density at radius 1 is 1.10 bits per heavy atom. The summed E-state index contributed by atoms with van der Waals surface area (Å²) in [5.74, 6) is -0.662. The fourth-order valence-corrected chi connectivity index (χ4v) is 3.61. The number of halogens is 1. The van der Waals surface area contributed by atoms with Crippen molar-refractivity contribution >= 4 is 39.5 Å². The Hall–Kier alpha value is -2.71. The molecule has 1 aliphatic heterocycles. The zero-order valence-electron chi connectivity index (χ0n) is 16.0. The first kappa shape index (κ1) is 21.0. The number of hydrogen-bond acceptors (Lipinski definition) is 4. The third-order valence-corrected chi connectivity index (χ3v) is 5.37. The Bertz CT molecular complexity index is 932. The van der Waals surface area contributed by atoms with Gasteiger partial charge in [0, 0.05) is 37.0 Å². The standard InChI is InChI=1S/C21H22BrN3O4/c1-29-12-4-11-25-19(26)16-8-7-15(13-17(16)20(25)27)24-21(28)23-10-9-14-5-2-3-6-18(14)22/h2-3,5-8,13H,4,9-12H2,1H3,(H2,23,24,28). The number of nitrogens with one attached hydrogen (secondary N) is 2. The summed E-state index contributed by atoms with van der Waals surface area (Å²) < 4.78 is 5.97. The molecule has 0 bridgehead atoms. The average molecular weight is 460 g/mol.